The molecule has 1 fully saturated rings. The quantitative estimate of drug-likeness (QED) is 0.876. The fourth-order valence-electron chi connectivity index (χ4n) is 2.94. The van der Waals surface area contributed by atoms with Gasteiger partial charge >= 0.3 is 0 Å². The number of aryl methyl sites for hydroxylation is 1. The Hall–Kier alpha value is -1.14. The summed E-state index contributed by atoms with van der Waals surface area (Å²) in [6, 6.07) is 10.2. The molecular weight excluding hydrogens is 365 g/mol. The molecule has 4 nitrogen and oxygen atoms in total. The van der Waals surface area contributed by atoms with Crippen molar-refractivity contribution < 1.29 is 4.79 Å². The summed E-state index contributed by atoms with van der Waals surface area (Å²) < 4.78 is 0. The highest BCUT2D eigenvalue weighted by molar-refractivity contribution is 7.09. The van der Waals surface area contributed by atoms with Crippen LogP contribution in [0.4, 0.5) is 0 Å². The summed E-state index contributed by atoms with van der Waals surface area (Å²) in [6.45, 7) is 3.41. The lowest BCUT2D eigenvalue weighted by Crippen LogP contribution is -2.33. The minimum atomic E-state index is 0. The van der Waals surface area contributed by atoms with E-state index in [4.69, 9.17) is 5.73 Å². The number of aromatic nitrogens is 1. The number of thiazole rings is 1. The van der Waals surface area contributed by atoms with Crippen molar-refractivity contribution in [3.05, 3.63) is 52.0 Å². The Bertz CT molecular complexity index is 650. The van der Waals surface area contributed by atoms with Gasteiger partial charge in [-0.25, -0.2) is 4.98 Å². The van der Waals surface area contributed by atoms with E-state index in [-0.39, 0.29) is 42.7 Å². The van der Waals surface area contributed by atoms with Crippen molar-refractivity contribution in [2.75, 3.05) is 13.1 Å². The van der Waals surface area contributed by atoms with Crippen LogP contribution in [0.2, 0.25) is 0 Å². The predicted molar refractivity (Wildman–Crippen MR) is 103 cm³/mol. The zero-order chi connectivity index (χ0) is 15.5. The smallest absolute Gasteiger partial charge is 0.228 e. The molecule has 1 amide bonds. The molecule has 1 aliphatic rings. The van der Waals surface area contributed by atoms with Gasteiger partial charge in [0.1, 0.15) is 0 Å². The minimum absolute atomic E-state index is 0. The number of nitrogens with zero attached hydrogens (tertiary/aromatic N) is 2. The van der Waals surface area contributed by atoms with E-state index in [9.17, 15) is 4.79 Å². The molecule has 2 atom stereocenters. The molecule has 3 rings (SSSR count). The molecule has 1 aromatic carbocycles. The highest BCUT2D eigenvalue weighted by atomic mass is 35.5. The van der Waals surface area contributed by atoms with Crippen LogP contribution in [0.15, 0.2) is 35.7 Å². The molecule has 0 bridgehead atoms. The first-order valence-corrected chi connectivity index (χ1v) is 8.57. The van der Waals surface area contributed by atoms with E-state index >= 15 is 0 Å². The zero-order valence-corrected chi connectivity index (χ0v) is 16.0. The van der Waals surface area contributed by atoms with Crippen LogP contribution < -0.4 is 5.73 Å². The van der Waals surface area contributed by atoms with Crippen LogP contribution in [-0.4, -0.2) is 34.9 Å². The molecule has 1 aliphatic heterocycles. The van der Waals surface area contributed by atoms with Crippen LogP contribution in [0.25, 0.3) is 0 Å². The second kappa shape index (κ2) is 9.37. The maximum atomic E-state index is 12.5. The number of carbonyl (C=O) groups is 1. The molecule has 2 heterocycles. The lowest BCUT2D eigenvalue weighted by atomic mass is 9.95. The lowest BCUT2D eigenvalue weighted by molar-refractivity contribution is -0.129. The molecule has 1 aromatic heterocycles. The van der Waals surface area contributed by atoms with Crippen LogP contribution >= 0.6 is 36.2 Å². The van der Waals surface area contributed by atoms with Gasteiger partial charge in [0.15, 0.2) is 0 Å². The normalized spacial score (nSPS) is 19.5. The largest absolute Gasteiger partial charge is 0.340 e. The Morgan fingerprint density at radius 2 is 2.00 bits per heavy atom. The third-order valence-corrected chi connectivity index (χ3v) is 5.22. The van der Waals surface area contributed by atoms with Gasteiger partial charge in [0.05, 0.1) is 17.1 Å². The third kappa shape index (κ3) is 4.70. The highest BCUT2D eigenvalue weighted by Gasteiger charge is 2.33. The van der Waals surface area contributed by atoms with E-state index < -0.39 is 0 Å². The number of amides is 1. The molecule has 2 N–H and O–H groups in total. The monoisotopic (exact) mass is 387 g/mol. The van der Waals surface area contributed by atoms with E-state index in [1.165, 1.54) is 5.56 Å². The van der Waals surface area contributed by atoms with Crippen molar-refractivity contribution >= 4 is 42.1 Å². The van der Waals surface area contributed by atoms with E-state index in [0.717, 1.165) is 17.1 Å². The van der Waals surface area contributed by atoms with Gasteiger partial charge < -0.3 is 10.6 Å². The van der Waals surface area contributed by atoms with Gasteiger partial charge in [0.2, 0.25) is 5.91 Å². The Balaban J connectivity index is 0.00000144. The summed E-state index contributed by atoms with van der Waals surface area (Å²) in [4.78, 5) is 18.8. The number of halogens is 2. The minimum Gasteiger partial charge on any atom is -0.340 e. The van der Waals surface area contributed by atoms with Gasteiger partial charge in [-0.05, 0) is 12.0 Å². The second-order valence-corrected chi connectivity index (χ2v) is 6.69. The number of hydrogen-bond acceptors (Lipinski definition) is 4. The van der Waals surface area contributed by atoms with Crippen molar-refractivity contribution in [2.45, 2.75) is 31.7 Å². The van der Waals surface area contributed by atoms with Gasteiger partial charge in [-0.2, -0.15) is 0 Å². The van der Waals surface area contributed by atoms with Crippen molar-refractivity contribution in [2.24, 2.45) is 5.73 Å². The number of nitrogens with two attached hydrogens (primary N) is 1. The van der Waals surface area contributed by atoms with E-state index in [0.29, 0.717) is 19.5 Å². The molecule has 1 saturated heterocycles. The van der Waals surface area contributed by atoms with Gasteiger partial charge in [0, 0.05) is 30.4 Å². The number of hydrogen-bond donors (Lipinski definition) is 1. The van der Waals surface area contributed by atoms with E-state index in [2.05, 4.69) is 24.0 Å². The van der Waals surface area contributed by atoms with Crippen molar-refractivity contribution in [1.29, 1.82) is 0 Å². The average molecular weight is 388 g/mol. The second-order valence-electron chi connectivity index (χ2n) is 5.74. The zero-order valence-electron chi connectivity index (χ0n) is 13.6. The predicted octanol–water partition coefficient (Wildman–Crippen LogP) is 3.04. The van der Waals surface area contributed by atoms with Crippen LogP contribution in [0.5, 0.6) is 0 Å². The van der Waals surface area contributed by atoms with Crippen LogP contribution in [0.1, 0.15) is 29.1 Å². The SMILES string of the molecule is CCc1nc(CC(=O)N2C[C@@H](N)[C@H](c3ccccc3)C2)cs1.Cl.Cl. The summed E-state index contributed by atoms with van der Waals surface area (Å²) in [5, 5.41) is 3.07. The molecule has 0 saturated carbocycles. The standard InChI is InChI=1S/C17H21N3OS.2ClH/c1-2-16-19-13(11-22-16)8-17(21)20-9-14(15(18)10-20)12-6-4-3-5-7-12;;/h3-7,11,14-15H,2,8-10,18H2,1H3;2*1H/t14-,15+;;/m0../s1. The average Bonchev–Trinajstić information content (AvgIpc) is 3.14. The Morgan fingerprint density at radius 3 is 2.62 bits per heavy atom. The Kier molecular flexibility index (Phi) is 8.16. The Labute approximate surface area is 159 Å². The van der Waals surface area contributed by atoms with Crippen molar-refractivity contribution in [3.63, 3.8) is 0 Å². The topological polar surface area (TPSA) is 59.2 Å². The van der Waals surface area contributed by atoms with Gasteiger partial charge in [-0.3, -0.25) is 4.79 Å². The number of rotatable bonds is 4. The summed E-state index contributed by atoms with van der Waals surface area (Å²) in [5.74, 6) is 0.355. The van der Waals surface area contributed by atoms with E-state index in [1.807, 2.05) is 28.5 Å². The molecule has 0 aliphatic carbocycles. The van der Waals surface area contributed by atoms with Crippen LogP contribution in [0, 0.1) is 0 Å². The first kappa shape index (κ1) is 20.9. The van der Waals surface area contributed by atoms with Crippen LogP contribution in [-0.2, 0) is 17.6 Å². The number of benzene rings is 1. The summed E-state index contributed by atoms with van der Waals surface area (Å²) >= 11 is 1.63. The molecule has 7 heteroatoms. The first-order chi connectivity index (χ1) is 10.7. The lowest BCUT2D eigenvalue weighted by Gasteiger charge is -2.16. The molecule has 2 aromatic rings. The molecular formula is C17H23Cl2N3OS. The Morgan fingerprint density at radius 1 is 1.29 bits per heavy atom. The maximum Gasteiger partial charge on any atom is 0.228 e. The fraction of sp³-hybridized carbons (Fsp3) is 0.412. The molecule has 0 spiro atoms. The molecule has 24 heavy (non-hydrogen) atoms. The number of likely N-dealkylation sites (tertiary alicyclic amines) is 1. The van der Waals surface area contributed by atoms with Crippen molar-refractivity contribution in [1.82, 2.24) is 9.88 Å². The summed E-state index contributed by atoms with van der Waals surface area (Å²) in [7, 11) is 0. The first-order valence-electron chi connectivity index (χ1n) is 7.69. The van der Waals surface area contributed by atoms with Gasteiger partial charge in [-0.15, -0.1) is 36.2 Å². The molecule has 0 radical (unpaired) electrons. The van der Waals surface area contributed by atoms with Gasteiger partial charge in [0.25, 0.3) is 0 Å². The van der Waals surface area contributed by atoms with E-state index in [1.54, 1.807) is 11.3 Å². The highest BCUT2D eigenvalue weighted by Crippen LogP contribution is 2.26. The molecule has 132 valence electrons. The summed E-state index contributed by atoms with van der Waals surface area (Å²) in [5.41, 5.74) is 8.34. The molecule has 0 unspecified atom stereocenters. The maximum absolute atomic E-state index is 12.5. The van der Waals surface area contributed by atoms with Gasteiger partial charge in [-0.1, -0.05) is 37.3 Å². The fourth-order valence-corrected chi connectivity index (χ4v) is 3.69. The van der Waals surface area contributed by atoms with Crippen LogP contribution in [0.3, 0.4) is 0 Å². The summed E-state index contributed by atoms with van der Waals surface area (Å²) in [6.07, 6.45) is 1.30. The third-order valence-electron chi connectivity index (χ3n) is 4.18. The number of carbonyl (C=O) groups excluding carboxylic acids is 1. The van der Waals surface area contributed by atoms with Crippen molar-refractivity contribution in [3.8, 4) is 0 Å².